The van der Waals surface area contributed by atoms with E-state index in [1.165, 1.54) is 0 Å². The van der Waals surface area contributed by atoms with Crippen molar-refractivity contribution in [1.29, 1.82) is 0 Å². The minimum atomic E-state index is 0.00924. The molecule has 1 atom stereocenters. The highest BCUT2D eigenvalue weighted by molar-refractivity contribution is 5.76. The fraction of sp³-hybridized carbons (Fsp3) is 0.750. The highest BCUT2D eigenvalue weighted by atomic mass is 16.5. The summed E-state index contributed by atoms with van der Waals surface area (Å²) in [4.78, 5) is 11.3. The third kappa shape index (κ3) is 9.99. The highest BCUT2D eigenvalue weighted by Gasteiger charge is 2.10. The second kappa shape index (κ2) is 10.3. The third-order valence-electron chi connectivity index (χ3n) is 2.12. The molecule has 0 rings (SSSR count). The van der Waals surface area contributed by atoms with Crippen molar-refractivity contribution in [2.75, 3.05) is 32.8 Å². The average Bonchev–Trinajstić information content (AvgIpc) is 2.27. The van der Waals surface area contributed by atoms with E-state index in [0.29, 0.717) is 39.3 Å². The maximum absolute atomic E-state index is 11.3. The van der Waals surface area contributed by atoms with Gasteiger partial charge in [-0.15, -0.1) is 0 Å². The summed E-state index contributed by atoms with van der Waals surface area (Å²) in [5.41, 5.74) is 6.59. The summed E-state index contributed by atoms with van der Waals surface area (Å²) in [6.45, 7) is 10.5. The number of rotatable bonds is 10. The van der Waals surface area contributed by atoms with E-state index in [-0.39, 0.29) is 11.9 Å². The lowest BCUT2D eigenvalue weighted by Crippen LogP contribution is -2.42. The van der Waals surface area contributed by atoms with Gasteiger partial charge in [-0.3, -0.25) is 4.79 Å². The highest BCUT2D eigenvalue weighted by Crippen LogP contribution is 1.91. The van der Waals surface area contributed by atoms with Crippen molar-refractivity contribution in [2.45, 2.75) is 26.3 Å². The number of hydrogen-bond donors (Lipinski definition) is 3. The molecule has 0 aromatic rings. The molecule has 0 saturated carbocycles. The average molecular weight is 243 g/mol. The molecule has 0 spiro atoms. The van der Waals surface area contributed by atoms with Crippen LogP contribution in [0.15, 0.2) is 12.2 Å². The zero-order chi connectivity index (χ0) is 13.1. The van der Waals surface area contributed by atoms with E-state index in [2.05, 4.69) is 17.2 Å². The number of amides is 1. The van der Waals surface area contributed by atoms with Gasteiger partial charge >= 0.3 is 0 Å². The largest absolute Gasteiger partial charge is 0.376 e. The van der Waals surface area contributed by atoms with Crippen LogP contribution in [0.5, 0.6) is 0 Å². The summed E-state index contributed by atoms with van der Waals surface area (Å²) in [7, 11) is 0. The molecule has 0 saturated heterocycles. The Balaban J connectivity index is 3.60. The molecular weight excluding hydrogens is 218 g/mol. The van der Waals surface area contributed by atoms with Gasteiger partial charge in [0.25, 0.3) is 0 Å². The Morgan fingerprint density at radius 3 is 2.76 bits per heavy atom. The molecule has 0 aliphatic carbocycles. The Hall–Kier alpha value is -0.910. The fourth-order valence-electron chi connectivity index (χ4n) is 1.31. The molecule has 1 unspecified atom stereocenters. The van der Waals surface area contributed by atoms with Gasteiger partial charge in [-0.1, -0.05) is 12.2 Å². The smallest absolute Gasteiger partial charge is 0.221 e. The Morgan fingerprint density at radius 2 is 2.24 bits per heavy atom. The predicted molar refractivity (Wildman–Crippen MR) is 69.8 cm³/mol. The minimum absolute atomic E-state index is 0.00924. The number of carbonyl (C=O) groups is 1. The molecule has 0 aliphatic heterocycles. The molecule has 1 amide bonds. The van der Waals surface area contributed by atoms with E-state index in [1.807, 2.05) is 13.8 Å². The SMILES string of the molecule is C=C(C)COCCNC(CN)CC(=O)NCC. The van der Waals surface area contributed by atoms with Gasteiger partial charge in [0, 0.05) is 32.1 Å². The lowest BCUT2D eigenvalue weighted by molar-refractivity contribution is -0.121. The quantitative estimate of drug-likeness (QED) is 0.373. The van der Waals surface area contributed by atoms with E-state index in [0.717, 1.165) is 5.57 Å². The molecule has 4 N–H and O–H groups in total. The fourth-order valence-corrected chi connectivity index (χ4v) is 1.31. The Labute approximate surface area is 104 Å². The first-order chi connectivity index (χ1) is 8.10. The van der Waals surface area contributed by atoms with E-state index < -0.39 is 0 Å². The maximum Gasteiger partial charge on any atom is 0.221 e. The molecule has 17 heavy (non-hydrogen) atoms. The summed E-state index contributed by atoms with van der Waals surface area (Å²) in [5, 5.41) is 5.94. The normalized spacial score (nSPS) is 12.2. The van der Waals surface area contributed by atoms with Crippen molar-refractivity contribution in [2.24, 2.45) is 5.73 Å². The maximum atomic E-state index is 11.3. The van der Waals surface area contributed by atoms with Crippen LogP contribution in [0.1, 0.15) is 20.3 Å². The number of nitrogens with two attached hydrogens (primary N) is 1. The van der Waals surface area contributed by atoms with Crippen molar-refractivity contribution < 1.29 is 9.53 Å². The standard InChI is InChI=1S/C12H25N3O2/c1-4-14-12(16)7-11(8-13)15-5-6-17-9-10(2)3/h11,15H,2,4-9,13H2,1,3H3,(H,14,16). The number of hydrogen-bond acceptors (Lipinski definition) is 4. The van der Waals surface area contributed by atoms with Crippen molar-refractivity contribution >= 4 is 5.91 Å². The zero-order valence-electron chi connectivity index (χ0n) is 10.9. The first kappa shape index (κ1) is 16.1. The van der Waals surface area contributed by atoms with Crippen LogP contribution in [0.25, 0.3) is 0 Å². The Bertz CT molecular complexity index is 232. The zero-order valence-corrected chi connectivity index (χ0v) is 10.9. The molecule has 0 fully saturated rings. The summed E-state index contributed by atoms with van der Waals surface area (Å²) < 4.78 is 5.34. The van der Waals surface area contributed by atoms with Crippen molar-refractivity contribution in [1.82, 2.24) is 10.6 Å². The van der Waals surface area contributed by atoms with E-state index in [1.54, 1.807) is 0 Å². The first-order valence-corrected chi connectivity index (χ1v) is 6.02. The number of nitrogens with one attached hydrogen (secondary N) is 2. The molecule has 0 aromatic carbocycles. The van der Waals surface area contributed by atoms with Crippen LogP contribution < -0.4 is 16.4 Å². The van der Waals surface area contributed by atoms with Crippen LogP contribution in [0.4, 0.5) is 0 Å². The Kier molecular flexibility index (Phi) is 9.71. The Morgan fingerprint density at radius 1 is 1.53 bits per heavy atom. The second-order valence-electron chi connectivity index (χ2n) is 4.05. The first-order valence-electron chi connectivity index (χ1n) is 6.02. The van der Waals surface area contributed by atoms with Crippen LogP contribution in [-0.4, -0.2) is 44.8 Å². The van der Waals surface area contributed by atoms with Crippen molar-refractivity contribution in [3.8, 4) is 0 Å². The van der Waals surface area contributed by atoms with Gasteiger partial charge in [-0.2, -0.15) is 0 Å². The molecule has 0 heterocycles. The molecule has 0 bridgehead atoms. The summed E-state index contributed by atoms with van der Waals surface area (Å²) in [5.74, 6) is 0.0262. The molecule has 100 valence electrons. The van der Waals surface area contributed by atoms with E-state index in [9.17, 15) is 4.79 Å². The minimum Gasteiger partial charge on any atom is -0.376 e. The summed E-state index contributed by atoms with van der Waals surface area (Å²) >= 11 is 0. The number of carbonyl (C=O) groups excluding carboxylic acids is 1. The van der Waals surface area contributed by atoms with Crippen LogP contribution in [0, 0.1) is 0 Å². The molecule has 0 aromatic heterocycles. The molecule has 5 nitrogen and oxygen atoms in total. The lowest BCUT2D eigenvalue weighted by atomic mass is 10.2. The van der Waals surface area contributed by atoms with Gasteiger partial charge in [-0.05, 0) is 13.8 Å². The van der Waals surface area contributed by atoms with Gasteiger partial charge in [0.1, 0.15) is 0 Å². The molecule has 0 aliphatic rings. The van der Waals surface area contributed by atoms with Crippen LogP contribution >= 0.6 is 0 Å². The number of ether oxygens (including phenoxy) is 1. The summed E-state index contributed by atoms with van der Waals surface area (Å²) in [6, 6.07) is 0.00924. The van der Waals surface area contributed by atoms with Gasteiger partial charge in [0.15, 0.2) is 0 Å². The van der Waals surface area contributed by atoms with Gasteiger partial charge in [-0.25, -0.2) is 0 Å². The third-order valence-corrected chi connectivity index (χ3v) is 2.12. The van der Waals surface area contributed by atoms with Crippen LogP contribution in [0.2, 0.25) is 0 Å². The van der Waals surface area contributed by atoms with Crippen LogP contribution in [0.3, 0.4) is 0 Å². The van der Waals surface area contributed by atoms with Gasteiger partial charge < -0.3 is 21.1 Å². The van der Waals surface area contributed by atoms with Crippen molar-refractivity contribution in [3.05, 3.63) is 12.2 Å². The predicted octanol–water partition coefficient (Wildman–Crippen LogP) is 0.0222. The van der Waals surface area contributed by atoms with Crippen molar-refractivity contribution in [3.63, 3.8) is 0 Å². The van der Waals surface area contributed by atoms with E-state index in [4.69, 9.17) is 10.5 Å². The van der Waals surface area contributed by atoms with E-state index >= 15 is 0 Å². The molecular formula is C12H25N3O2. The monoisotopic (exact) mass is 243 g/mol. The van der Waals surface area contributed by atoms with Gasteiger partial charge in [0.2, 0.25) is 5.91 Å². The second-order valence-corrected chi connectivity index (χ2v) is 4.05. The molecule has 5 heteroatoms. The van der Waals surface area contributed by atoms with Crippen LogP contribution in [-0.2, 0) is 9.53 Å². The summed E-state index contributed by atoms with van der Waals surface area (Å²) in [6.07, 6.45) is 0.408. The molecule has 0 radical (unpaired) electrons. The lowest BCUT2D eigenvalue weighted by Gasteiger charge is -2.16. The topological polar surface area (TPSA) is 76.4 Å². The van der Waals surface area contributed by atoms with Gasteiger partial charge in [0.05, 0.1) is 13.2 Å².